The third kappa shape index (κ3) is 3.32. The van der Waals surface area contributed by atoms with Crippen LogP contribution in [0.5, 0.6) is 0 Å². The number of rotatable bonds is 4. The number of nitrogens with two attached hydrogens (primary N) is 1. The third-order valence-electron chi connectivity index (χ3n) is 3.84. The normalized spacial score (nSPS) is 21.0. The largest absolute Gasteiger partial charge is 0.449 e. The minimum atomic E-state index is -0.522. The fourth-order valence-corrected chi connectivity index (χ4v) is 2.67. The Morgan fingerprint density at radius 2 is 2.26 bits per heavy atom. The van der Waals surface area contributed by atoms with Crippen LogP contribution in [0.25, 0.3) is 0 Å². The van der Waals surface area contributed by atoms with E-state index in [1.54, 1.807) is 6.92 Å². The van der Waals surface area contributed by atoms with Gasteiger partial charge in [-0.25, -0.2) is 4.98 Å². The lowest BCUT2D eigenvalue weighted by atomic mass is 9.90. The van der Waals surface area contributed by atoms with Crippen molar-refractivity contribution >= 4 is 11.6 Å². The number of aryl methyl sites for hydroxylation is 1. The average molecular weight is 313 g/mol. The molecule has 3 rings (SSSR count). The van der Waals surface area contributed by atoms with Gasteiger partial charge in [-0.15, -0.1) is 0 Å². The number of carbonyl (C=O) groups is 1. The fraction of sp³-hybridized carbons (Fsp3) is 0.353. The number of carbonyl (C=O) groups excluding carboxylic acids is 1. The average Bonchev–Trinajstić information content (AvgIpc) is 2.94. The molecule has 120 valence electrons. The lowest BCUT2D eigenvalue weighted by molar-refractivity contribution is 0.0987. The predicted octanol–water partition coefficient (Wildman–Crippen LogP) is 2.01. The number of nitrogens with zero attached hydrogens (tertiary/aromatic N) is 2. The van der Waals surface area contributed by atoms with Crippen molar-refractivity contribution in [2.24, 2.45) is 10.7 Å². The highest BCUT2D eigenvalue weighted by Gasteiger charge is 2.30. The summed E-state index contributed by atoms with van der Waals surface area (Å²) in [4.78, 5) is 20.8. The number of ether oxygens (including phenoxy) is 1. The molecule has 1 unspecified atom stereocenters. The van der Waals surface area contributed by atoms with E-state index in [2.05, 4.69) is 9.98 Å². The number of oxazole rings is 1. The zero-order valence-electron chi connectivity index (χ0n) is 13.2. The molecule has 1 aliphatic rings. The smallest absolute Gasteiger partial charge is 0.191 e. The highest BCUT2D eigenvalue weighted by atomic mass is 16.5. The molecule has 0 aliphatic carbocycles. The summed E-state index contributed by atoms with van der Waals surface area (Å²) in [6.07, 6.45) is 1.65. The molecule has 0 bridgehead atoms. The Hall–Kier alpha value is -2.47. The quantitative estimate of drug-likeness (QED) is 0.872. The van der Waals surface area contributed by atoms with E-state index >= 15 is 0 Å². The number of ketones is 1. The highest BCUT2D eigenvalue weighted by molar-refractivity contribution is 5.95. The maximum absolute atomic E-state index is 12.3. The molecule has 2 heterocycles. The standard InChI is InChI=1S/C17H19N3O3/c1-11-19-14(8-23-11)15(21)7-12-4-3-5-13(6-12)17(2)10-22-9-16(18)20-17/h3-6,8H,7,9-10H2,1-2H3,(H2,18,20). The van der Waals surface area contributed by atoms with Crippen LogP contribution in [0.3, 0.4) is 0 Å². The van der Waals surface area contributed by atoms with E-state index in [9.17, 15) is 4.79 Å². The molecular formula is C17H19N3O3. The van der Waals surface area contributed by atoms with Gasteiger partial charge in [0.2, 0.25) is 0 Å². The number of benzene rings is 1. The van der Waals surface area contributed by atoms with Crippen molar-refractivity contribution < 1.29 is 13.9 Å². The van der Waals surface area contributed by atoms with Crippen molar-refractivity contribution in [2.45, 2.75) is 25.8 Å². The minimum Gasteiger partial charge on any atom is -0.449 e. The molecule has 1 aliphatic heterocycles. The summed E-state index contributed by atoms with van der Waals surface area (Å²) in [7, 11) is 0. The van der Waals surface area contributed by atoms with Crippen LogP contribution in [0.1, 0.15) is 34.4 Å². The minimum absolute atomic E-state index is 0.0768. The molecule has 6 heteroatoms. The van der Waals surface area contributed by atoms with E-state index < -0.39 is 5.54 Å². The first kappa shape index (κ1) is 15.4. The predicted molar refractivity (Wildman–Crippen MR) is 85.5 cm³/mol. The lowest BCUT2D eigenvalue weighted by Gasteiger charge is -2.30. The molecule has 0 saturated carbocycles. The second-order valence-electron chi connectivity index (χ2n) is 5.92. The molecule has 2 N–H and O–H groups in total. The van der Waals surface area contributed by atoms with Gasteiger partial charge < -0.3 is 14.9 Å². The number of aromatic nitrogens is 1. The van der Waals surface area contributed by atoms with Crippen LogP contribution < -0.4 is 5.73 Å². The van der Waals surface area contributed by atoms with Gasteiger partial charge in [0.15, 0.2) is 11.7 Å². The van der Waals surface area contributed by atoms with Gasteiger partial charge in [-0.2, -0.15) is 0 Å². The summed E-state index contributed by atoms with van der Waals surface area (Å²) in [6.45, 7) is 4.51. The molecule has 6 nitrogen and oxygen atoms in total. The summed E-state index contributed by atoms with van der Waals surface area (Å²) >= 11 is 0. The topological polar surface area (TPSA) is 90.7 Å². The van der Waals surface area contributed by atoms with Crippen LogP contribution >= 0.6 is 0 Å². The van der Waals surface area contributed by atoms with Crippen LogP contribution in [0.2, 0.25) is 0 Å². The molecule has 1 aromatic carbocycles. The lowest BCUT2D eigenvalue weighted by Crippen LogP contribution is -2.37. The fourth-order valence-electron chi connectivity index (χ4n) is 2.67. The number of aliphatic imine (C=N–C) groups is 1. The molecule has 0 amide bonds. The Labute approximate surface area is 134 Å². The zero-order valence-corrected chi connectivity index (χ0v) is 13.2. The van der Waals surface area contributed by atoms with Crippen molar-refractivity contribution in [1.82, 2.24) is 4.98 Å². The van der Waals surface area contributed by atoms with Gasteiger partial charge in [0.25, 0.3) is 0 Å². The highest BCUT2D eigenvalue weighted by Crippen LogP contribution is 2.29. The second kappa shape index (κ2) is 5.96. The summed E-state index contributed by atoms with van der Waals surface area (Å²) in [5.41, 5.74) is 7.50. The van der Waals surface area contributed by atoms with E-state index in [1.165, 1.54) is 6.26 Å². The van der Waals surface area contributed by atoms with Gasteiger partial charge in [0.1, 0.15) is 29.9 Å². The van der Waals surface area contributed by atoms with Crippen molar-refractivity contribution in [3.63, 3.8) is 0 Å². The van der Waals surface area contributed by atoms with Crippen molar-refractivity contribution in [3.05, 3.63) is 53.2 Å². The van der Waals surface area contributed by atoms with Gasteiger partial charge in [0.05, 0.1) is 6.61 Å². The zero-order chi connectivity index (χ0) is 16.4. The van der Waals surface area contributed by atoms with Gasteiger partial charge in [-0.05, 0) is 18.1 Å². The number of hydrogen-bond donors (Lipinski definition) is 1. The molecule has 0 spiro atoms. The molecule has 23 heavy (non-hydrogen) atoms. The first-order chi connectivity index (χ1) is 11.0. The van der Waals surface area contributed by atoms with E-state index in [-0.39, 0.29) is 12.2 Å². The first-order valence-electron chi connectivity index (χ1n) is 7.43. The van der Waals surface area contributed by atoms with E-state index in [0.717, 1.165) is 11.1 Å². The third-order valence-corrected chi connectivity index (χ3v) is 3.84. The summed E-state index contributed by atoms with van der Waals surface area (Å²) in [6, 6.07) is 7.77. The number of amidine groups is 1. The van der Waals surface area contributed by atoms with E-state index in [4.69, 9.17) is 14.9 Å². The monoisotopic (exact) mass is 313 g/mol. The Bertz CT molecular complexity index is 766. The van der Waals surface area contributed by atoms with Crippen molar-refractivity contribution in [3.8, 4) is 0 Å². The van der Waals surface area contributed by atoms with E-state index in [0.29, 0.717) is 30.6 Å². The van der Waals surface area contributed by atoms with Crippen LogP contribution in [0, 0.1) is 6.92 Å². The Balaban J connectivity index is 1.83. The summed E-state index contributed by atoms with van der Waals surface area (Å²) in [5, 5.41) is 0. The van der Waals surface area contributed by atoms with Crippen molar-refractivity contribution in [1.29, 1.82) is 0 Å². The molecule has 0 saturated heterocycles. The molecule has 2 aromatic rings. The van der Waals surface area contributed by atoms with Crippen LogP contribution in [0.4, 0.5) is 0 Å². The Morgan fingerprint density at radius 3 is 2.96 bits per heavy atom. The van der Waals surface area contributed by atoms with Gasteiger partial charge in [-0.1, -0.05) is 24.3 Å². The molecule has 1 aromatic heterocycles. The van der Waals surface area contributed by atoms with Crippen LogP contribution in [0.15, 0.2) is 39.9 Å². The SMILES string of the molecule is Cc1nc(C(=O)Cc2cccc(C3(C)COCC(N)=N3)c2)co1. The molecule has 0 fully saturated rings. The maximum Gasteiger partial charge on any atom is 0.191 e. The van der Waals surface area contributed by atoms with Gasteiger partial charge in [0, 0.05) is 13.3 Å². The number of Topliss-reactive ketones (excluding diaryl/α,β-unsaturated/α-hetero) is 1. The second-order valence-corrected chi connectivity index (χ2v) is 5.92. The van der Waals surface area contributed by atoms with Crippen molar-refractivity contribution in [2.75, 3.05) is 13.2 Å². The summed E-state index contributed by atoms with van der Waals surface area (Å²) < 4.78 is 10.6. The maximum atomic E-state index is 12.3. The molecular weight excluding hydrogens is 294 g/mol. The Morgan fingerprint density at radius 1 is 1.43 bits per heavy atom. The van der Waals surface area contributed by atoms with Crippen LogP contribution in [-0.4, -0.2) is 29.8 Å². The Kier molecular flexibility index (Phi) is 4.00. The number of hydrogen-bond acceptors (Lipinski definition) is 6. The molecule has 0 radical (unpaired) electrons. The van der Waals surface area contributed by atoms with Gasteiger partial charge >= 0.3 is 0 Å². The first-order valence-corrected chi connectivity index (χ1v) is 7.43. The van der Waals surface area contributed by atoms with E-state index in [1.807, 2.05) is 31.2 Å². The summed E-state index contributed by atoms with van der Waals surface area (Å²) in [5.74, 6) is 0.893. The molecule has 1 atom stereocenters. The van der Waals surface area contributed by atoms with Gasteiger partial charge in [-0.3, -0.25) is 9.79 Å². The van der Waals surface area contributed by atoms with Crippen LogP contribution in [-0.2, 0) is 16.7 Å².